The number of hydrogen-bond acceptors (Lipinski definition) is 4. The molecular formula is C15H12N4O3. The van der Waals surface area contributed by atoms with Crippen molar-refractivity contribution in [2.45, 2.75) is 6.42 Å². The molecule has 0 saturated carbocycles. The maximum atomic E-state index is 12.0. The van der Waals surface area contributed by atoms with Gasteiger partial charge in [-0.3, -0.25) is 14.9 Å². The molecule has 2 heterocycles. The molecule has 2 aromatic heterocycles. The monoisotopic (exact) mass is 296 g/mol. The molecular weight excluding hydrogens is 284 g/mol. The topological polar surface area (TPSA) is 89.5 Å². The first kappa shape index (κ1) is 13.7. The van der Waals surface area contributed by atoms with Crippen LogP contribution in [0.15, 0.2) is 54.9 Å². The van der Waals surface area contributed by atoms with E-state index in [4.69, 9.17) is 0 Å². The third-order valence-electron chi connectivity index (χ3n) is 3.10. The van der Waals surface area contributed by atoms with E-state index in [2.05, 4.69) is 10.3 Å². The number of nitrogens with one attached hydrogen (secondary N) is 1. The summed E-state index contributed by atoms with van der Waals surface area (Å²) < 4.78 is 1.83. The predicted octanol–water partition coefficient (Wildman–Crippen LogP) is 2.42. The molecule has 7 nitrogen and oxygen atoms in total. The number of nitro benzene ring substituents is 1. The molecule has 0 spiro atoms. The van der Waals surface area contributed by atoms with Crippen molar-refractivity contribution in [2.24, 2.45) is 0 Å². The molecule has 22 heavy (non-hydrogen) atoms. The van der Waals surface area contributed by atoms with E-state index in [0.717, 1.165) is 5.65 Å². The second-order valence-corrected chi connectivity index (χ2v) is 4.73. The number of rotatable bonds is 4. The lowest BCUT2D eigenvalue weighted by atomic mass is 10.2. The van der Waals surface area contributed by atoms with E-state index in [0.29, 0.717) is 11.4 Å². The second kappa shape index (κ2) is 5.65. The molecule has 1 amide bonds. The summed E-state index contributed by atoms with van der Waals surface area (Å²) in [5.41, 5.74) is 1.73. The van der Waals surface area contributed by atoms with E-state index < -0.39 is 4.92 Å². The first-order chi connectivity index (χ1) is 10.6. The lowest BCUT2D eigenvalue weighted by Crippen LogP contribution is -2.14. The molecule has 110 valence electrons. The van der Waals surface area contributed by atoms with Crippen molar-refractivity contribution in [2.75, 3.05) is 5.32 Å². The van der Waals surface area contributed by atoms with Crippen LogP contribution in [0.1, 0.15) is 5.69 Å². The zero-order valence-corrected chi connectivity index (χ0v) is 11.5. The Morgan fingerprint density at radius 3 is 2.91 bits per heavy atom. The lowest BCUT2D eigenvalue weighted by Gasteiger charge is -2.03. The first-order valence-electron chi connectivity index (χ1n) is 6.59. The Hall–Kier alpha value is -3.22. The van der Waals surface area contributed by atoms with Crippen LogP contribution in [0.5, 0.6) is 0 Å². The van der Waals surface area contributed by atoms with Crippen molar-refractivity contribution < 1.29 is 9.72 Å². The number of hydrogen-bond donors (Lipinski definition) is 1. The SMILES string of the molecule is O=C(Cc1cn2ccccc2n1)Nc1cccc([N+](=O)[O-])c1. The van der Waals surface area contributed by atoms with Gasteiger partial charge < -0.3 is 9.72 Å². The van der Waals surface area contributed by atoms with Crippen molar-refractivity contribution in [1.29, 1.82) is 0 Å². The van der Waals surface area contributed by atoms with E-state index in [1.54, 1.807) is 12.3 Å². The van der Waals surface area contributed by atoms with E-state index in [-0.39, 0.29) is 18.0 Å². The quantitative estimate of drug-likeness (QED) is 0.591. The van der Waals surface area contributed by atoms with Crippen molar-refractivity contribution >= 4 is 22.9 Å². The van der Waals surface area contributed by atoms with Gasteiger partial charge in [0.1, 0.15) is 5.65 Å². The summed E-state index contributed by atoms with van der Waals surface area (Å²) in [5.74, 6) is -0.274. The number of pyridine rings is 1. The van der Waals surface area contributed by atoms with Crippen LogP contribution in [0.3, 0.4) is 0 Å². The van der Waals surface area contributed by atoms with Gasteiger partial charge >= 0.3 is 0 Å². The average Bonchev–Trinajstić information content (AvgIpc) is 2.89. The number of carbonyl (C=O) groups excluding carboxylic acids is 1. The van der Waals surface area contributed by atoms with Crippen molar-refractivity contribution in [3.63, 3.8) is 0 Å². The molecule has 7 heteroatoms. The summed E-state index contributed by atoms with van der Waals surface area (Å²) >= 11 is 0. The van der Waals surface area contributed by atoms with Gasteiger partial charge in [-0.15, -0.1) is 0 Å². The van der Waals surface area contributed by atoms with Gasteiger partial charge in [-0.25, -0.2) is 4.98 Å². The molecule has 0 radical (unpaired) electrons. The number of amides is 1. The van der Waals surface area contributed by atoms with Gasteiger partial charge in [0.15, 0.2) is 0 Å². The van der Waals surface area contributed by atoms with E-state index >= 15 is 0 Å². The Labute approximate surface area is 125 Å². The normalized spacial score (nSPS) is 10.5. The highest BCUT2D eigenvalue weighted by Crippen LogP contribution is 2.17. The number of aromatic nitrogens is 2. The number of nitro groups is 1. The predicted molar refractivity (Wildman–Crippen MR) is 80.6 cm³/mol. The fraction of sp³-hybridized carbons (Fsp3) is 0.0667. The molecule has 0 saturated heterocycles. The van der Waals surface area contributed by atoms with Crippen LogP contribution in [0.25, 0.3) is 5.65 Å². The molecule has 1 aromatic carbocycles. The summed E-state index contributed by atoms with van der Waals surface area (Å²) in [6.07, 6.45) is 3.73. The van der Waals surface area contributed by atoms with Gasteiger partial charge in [0, 0.05) is 30.2 Å². The minimum atomic E-state index is -0.502. The largest absolute Gasteiger partial charge is 0.325 e. The molecule has 3 rings (SSSR count). The van der Waals surface area contributed by atoms with Crippen molar-refractivity contribution in [1.82, 2.24) is 9.38 Å². The smallest absolute Gasteiger partial charge is 0.271 e. The summed E-state index contributed by atoms with van der Waals surface area (Å²) in [6, 6.07) is 11.4. The summed E-state index contributed by atoms with van der Waals surface area (Å²) in [4.78, 5) is 26.6. The Kier molecular flexibility index (Phi) is 3.53. The van der Waals surface area contributed by atoms with Gasteiger partial charge in [-0.05, 0) is 18.2 Å². The molecule has 1 N–H and O–H groups in total. The Morgan fingerprint density at radius 2 is 2.14 bits per heavy atom. The zero-order valence-electron chi connectivity index (χ0n) is 11.5. The van der Waals surface area contributed by atoms with Crippen molar-refractivity contribution in [3.8, 4) is 0 Å². The maximum Gasteiger partial charge on any atom is 0.271 e. The molecule has 0 atom stereocenters. The molecule has 0 unspecified atom stereocenters. The average molecular weight is 296 g/mol. The van der Waals surface area contributed by atoms with E-state index in [1.165, 1.54) is 18.2 Å². The number of imidazole rings is 1. The summed E-state index contributed by atoms with van der Waals surface area (Å²) in [7, 11) is 0. The van der Waals surface area contributed by atoms with Crippen LogP contribution in [-0.4, -0.2) is 20.2 Å². The fourth-order valence-electron chi connectivity index (χ4n) is 2.14. The molecule has 0 fully saturated rings. The lowest BCUT2D eigenvalue weighted by molar-refractivity contribution is -0.384. The van der Waals surface area contributed by atoms with Crippen LogP contribution in [-0.2, 0) is 11.2 Å². The highest BCUT2D eigenvalue weighted by Gasteiger charge is 2.10. The number of anilines is 1. The van der Waals surface area contributed by atoms with E-state index in [9.17, 15) is 14.9 Å². The van der Waals surface area contributed by atoms with Crippen LogP contribution < -0.4 is 5.32 Å². The minimum Gasteiger partial charge on any atom is -0.325 e. The standard InChI is InChI=1S/C15H12N4O3/c20-15(17-11-4-3-5-13(8-11)19(21)22)9-12-10-18-7-2-1-6-14(18)16-12/h1-8,10H,9H2,(H,17,20). The van der Waals surface area contributed by atoms with Gasteiger partial charge in [0.05, 0.1) is 17.0 Å². The number of nitrogens with zero attached hydrogens (tertiary/aromatic N) is 3. The van der Waals surface area contributed by atoms with Gasteiger partial charge in [-0.2, -0.15) is 0 Å². The third-order valence-corrected chi connectivity index (χ3v) is 3.10. The second-order valence-electron chi connectivity index (χ2n) is 4.73. The molecule has 0 aliphatic carbocycles. The fourth-order valence-corrected chi connectivity index (χ4v) is 2.14. The number of fused-ring (bicyclic) bond motifs is 1. The third kappa shape index (κ3) is 2.93. The highest BCUT2D eigenvalue weighted by atomic mass is 16.6. The van der Waals surface area contributed by atoms with Gasteiger partial charge in [0.2, 0.25) is 5.91 Å². The first-order valence-corrected chi connectivity index (χ1v) is 6.59. The molecule has 3 aromatic rings. The van der Waals surface area contributed by atoms with Crippen LogP contribution in [0, 0.1) is 10.1 Å². The van der Waals surface area contributed by atoms with E-state index in [1.807, 2.05) is 28.8 Å². The Balaban J connectivity index is 1.72. The molecule has 0 aliphatic rings. The van der Waals surface area contributed by atoms with Crippen LogP contribution in [0.2, 0.25) is 0 Å². The zero-order chi connectivity index (χ0) is 15.5. The van der Waals surface area contributed by atoms with Crippen LogP contribution in [0.4, 0.5) is 11.4 Å². The Bertz CT molecular complexity index is 824. The summed E-state index contributed by atoms with van der Waals surface area (Å²) in [6.45, 7) is 0. The highest BCUT2D eigenvalue weighted by molar-refractivity contribution is 5.92. The van der Waals surface area contributed by atoms with Gasteiger partial charge in [-0.1, -0.05) is 12.1 Å². The van der Waals surface area contributed by atoms with Crippen molar-refractivity contribution in [3.05, 3.63) is 70.7 Å². The number of carbonyl (C=O) groups is 1. The van der Waals surface area contributed by atoms with Crippen LogP contribution >= 0.6 is 0 Å². The molecule has 0 aliphatic heterocycles. The maximum absolute atomic E-state index is 12.0. The number of non-ortho nitro benzene ring substituents is 1. The molecule has 0 bridgehead atoms. The minimum absolute atomic E-state index is 0.0643. The Morgan fingerprint density at radius 1 is 1.27 bits per heavy atom. The van der Waals surface area contributed by atoms with Gasteiger partial charge in [0.25, 0.3) is 5.69 Å². The summed E-state index contributed by atoms with van der Waals surface area (Å²) in [5, 5.41) is 13.3. The number of benzene rings is 1.